The molecule has 0 atom stereocenters. The van der Waals surface area contributed by atoms with Gasteiger partial charge >= 0.3 is 5.97 Å². The number of carbonyl (C=O) groups excluding carboxylic acids is 3. The summed E-state index contributed by atoms with van der Waals surface area (Å²) >= 11 is 0. The number of nitrogens with zero attached hydrogens (tertiary/aromatic N) is 2. The van der Waals surface area contributed by atoms with Crippen molar-refractivity contribution in [3.8, 4) is 5.75 Å². The van der Waals surface area contributed by atoms with Gasteiger partial charge in [-0.05, 0) is 24.3 Å². The minimum atomic E-state index is -3.50. The number of esters is 1. The molecule has 1 aliphatic heterocycles. The molecule has 0 aliphatic carbocycles. The fraction of sp³-hybridized carbons (Fsp3) is 0.438. The van der Waals surface area contributed by atoms with Crippen LogP contribution in [-0.4, -0.2) is 69.3 Å². The van der Waals surface area contributed by atoms with Crippen LogP contribution >= 0.6 is 0 Å². The lowest BCUT2D eigenvalue weighted by molar-refractivity contribution is -0.152. The highest BCUT2D eigenvalue weighted by atomic mass is 32.2. The minimum absolute atomic E-state index is 0.0490. The van der Waals surface area contributed by atoms with Crippen molar-refractivity contribution >= 4 is 27.8 Å². The van der Waals surface area contributed by atoms with E-state index in [1.54, 1.807) is 0 Å². The molecule has 1 aromatic carbocycles. The average Bonchev–Trinajstić information content (AvgIpc) is 2.91. The van der Waals surface area contributed by atoms with E-state index in [0.717, 1.165) is 9.21 Å². The zero-order valence-electron chi connectivity index (χ0n) is 14.5. The Morgan fingerprint density at radius 3 is 2.19 bits per heavy atom. The fourth-order valence-corrected chi connectivity index (χ4v) is 3.11. The molecule has 0 N–H and O–H groups in total. The van der Waals surface area contributed by atoms with E-state index in [1.165, 1.54) is 38.4 Å². The third-order valence-corrected chi connectivity index (χ3v) is 5.49. The molecule has 142 valence electrons. The highest BCUT2D eigenvalue weighted by molar-refractivity contribution is 7.89. The maximum absolute atomic E-state index is 11.9. The number of ether oxygens (including phenoxy) is 2. The molecule has 2 amide bonds. The Kier molecular flexibility index (Phi) is 6.32. The highest BCUT2D eigenvalue weighted by Gasteiger charge is 2.30. The molecular formula is C16H20N2O7S. The Morgan fingerprint density at radius 2 is 1.65 bits per heavy atom. The van der Waals surface area contributed by atoms with E-state index in [1.807, 2.05) is 0 Å². The molecule has 1 aliphatic rings. The molecule has 1 saturated heterocycles. The molecule has 0 spiro atoms. The normalized spacial score (nSPS) is 14.8. The summed E-state index contributed by atoms with van der Waals surface area (Å²) in [7, 11) is -0.618. The van der Waals surface area contributed by atoms with Gasteiger partial charge in [-0.25, -0.2) is 12.7 Å². The van der Waals surface area contributed by atoms with Crippen LogP contribution in [0.2, 0.25) is 0 Å². The summed E-state index contributed by atoms with van der Waals surface area (Å²) < 4.78 is 35.3. The first-order chi connectivity index (χ1) is 12.2. The zero-order valence-corrected chi connectivity index (χ0v) is 15.3. The molecular weight excluding hydrogens is 364 g/mol. The van der Waals surface area contributed by atoms with E-state index in [2.05, 4.69) is 0 Å². The second-order valence-corrected chi connectivity index (χ2v) is 7.85. The predicted octanol–water partition coefficient (Wildman–Crippen LogP) is 0.00790. The molecule has 1 aromatic rings. The SMILES string of the molecule is CN(C)S(=O)(=O)c1ccc(OCCOC(=O)CN2C(=O)CCC2=O)cc1. The van der Waals surface area contributed by atoms with Crippen LogP contribution in [0.15, 0.2) is 29.2 Å². The molecule has 0 unspecified atom stereocenters. The number of sulfonamides is 1. The average molecular weight is 384 g/mol. The van der Waals surface area contributed by atoms with Crippen LogP contribution in [0.5, 0.6) is 5.75 Å². The van der Waals surface area contributed by atoms with Gasteiger partial charge in [0.25, 0.3) is 0 Å². The second-order valence-electron chi connectivity index (χ2n) is 5.70. The van der Waals surface area contributed by atoms with Crippen LogP contribution in [0.1, 0.15) is 12.8 Å². The highest BCUT2D eigenvalue weighted by Crippen LogP contribution is 2.18. The molecule has 9 nitrogen and oxygen atoms in total. The van der Waals surface area contributed by atoms with Gasteiger partial charge in [0.1, 0.15) is 25.5 Å². The number of likely N-dealkylation sites (tertiary alicyclic amines) is 1. The number of amides is 2. The topological polar surface area (TPSA) is 110 Å². The summed E-state index contributed by atoms with van der Waals surface area (Å²) in [5, 5.41) is 0. The molecule has 1 heterocycles. The molecule has 10 heteroatoms. The molecule has 0 aromatic heterocycles. The van der Waals surface area contributed by atoms with Crippen LogP contribution in [0.4, 0.5) is 0 Å². The Hall–Kier alpha value is -2.46. The van der Waals surface area contributed by atoms with Crippen molar-refractivity contribution in [1.29, 1.82) is 0 Å². The fourth-order valence-electron chi connectivity index (χ4n) is 2.21. The maximum atomic E-state index is 11.9. The lowest BCUT2D eigenvalue weighted by Crippen LogP contribution is -2.35. The van der Waals surface area contributed by atoms with E-state index >= 15 is 0 Å². The van der Waals surface area contributed by atoms with Crippen molar-refractivity contribution in [1.82, 2.24) is 9.21 Å². The quantitative estimate of drug-likeness (QED) is 0.353. The van der Waals surface area contributed by atoms with Crippen molar-refractivity contribution in [2.45, 2.75) is 17.7 Å². The van der Waals surface area contributed by atoms with Crippen LogP contribution < -0.4 is 4.74 Å². The monoisotopic (exact) mass is 384 g/mol. The Morgan fingerprint density at radius 1 is 1.08 bits per heavy atom. The van der Waals surface area contributed by atoms with Crippen molar-refractivity contribution in [2.75, 3.05) is 33.9 Å². The minimum Gasteiger partial charge on any atom is -0.490 e. The number of hydrogen-bond acceptors (Lipinski definition) is 7. The van der Waals surface area contributed by atoms with Gasteiger partial charge in [0.05, 0.1) is 4.90 Å². The molecule has 0 radical (unpaired) electrons. The van der Waals surface area contributed by atoms with Gasteiger partial charge < -0.3 is 9.47 Å². The lowest BCUT2D eigenvalue weighted by atomic mass is 10.3. The molecule has 26 heavy (non-hydrogen) atoms. The van der Waals surface area contributed by atoms with Gasteiger partial charge in [-0.2, -0.15) is 0 Å². The van der Waals surface area contributed by atoms with Gasteiger partial charge in [0.15, 0.2) is 0 Å². The van der Waals surface area contributed by atoms with Crippen molar-refractivity contribution in [3.63, 3.8) is 0 Å². The van der Waals surface area contributed by atoms with E-state index in [0.29, 0.717) is 5.75 Å². The summed E-state index contributed by atoms with van der Waals surface area (Å²) in [6.07, 6.45) is 0.240. The Balaban J connectivity index is 1.75. The maximum Gasteiger partial charge on any atom is 0.326 e. The molecule has 2 rings (SSSR count). The second kappa shape index (κ2) is 8.28. The first-order valence-corrected chi connectivity index (χ1v) is 9.30. The van der Waals surface area contributed by atoms with Crippen molar-refractivity contribution in [2.24, 2.45) is 0 Å². The van der Waals surface area contributed by atoms with Gasteiger partial charge in [-0.15, -0.1) is 0 Å². The third kappa shape index (κ3) is 4.79. The van der Waals surface area contributed by atoms with Crippen molar-refractivity contribution < 1.29 is 32.3 Å². The van der Waals surface area contributed by atoms with Gasteiger partial charge in [-0.1, -0.05) is 0 Å². The van der Waals surface area contributed by atoms with E-state index in [9.17, 15) is 22.8 Å². The summed E-state index contributed by atoms with van der Waals surface area (Å²) in [5.41, 5.74) is 0. The Bertz CT molecular complexity index is 771. The number of hydrogen-bond donors (Lipinski definition) is 0. The van der Waals surface area contributed by atoms with Gasteiger partial charge in [0, 0.05) is 26.9 Å². The zero-order chi connectivity index (χ0) is 19.3. The third-order valence-electron chi connectivity index (χ3n) is 3.66. The predicted molar refractivity (Wildman–Crippen MR) is 89.7 cm³/mol. The van der Waals surface area contributed by atoms with Crippen LogP contribution in [0.25, 0.3) is 0 Å². The van der Waals surface area contributed by atoms with E-state index in [-0.39, 0.29) is 42.8 Å². The van der Waals surface area contributed by atoms with Crippen LogP contribution in [0.3, 0.4) is 0 Å². The van der Waals surface area contributed by atoms with Gasteiger partial charge in [-0.3, -0.25) is 19.3 Å². The standard InChI is InChI=1S/C16H20N2O7S/c1-17(2)26(22,23)13-5-3-12(4-6-13)24-9-10-25-16(21)11-18-14(19)7-8-15(18)20/h3-6H,7-11H2,1-2H3. The lowest BCUT2D eigenvalue weighted by Gasteiger charge is -2.13. The number of imide groups is 1. The van der Waals surface area contributed by atoms with Crippen LogP contribution in [-0.2, 0) is 29.1 Å². The first kappa shape index (κ1) is 19.9. The number of carbonyl (C=O) groups is 3. The number of benzene rings is 1. The summed E-state index contributed by atoms with van der Waals surface area (Å²) in [6, 6.07) is 5.84. The Labute approximate surface area is 151 Å². The summed E-state index contributed by atoms with van der Waals surface area (Å²) in [6.45, 7) is -0.408. The molecule has 1 fully saturated rings. The molecule has 0 bridgehead atoms. The van der Waals surface area contributed by atoms with Crippen molar-refractivity contribution in [3.05, 3.63) is 24.3 Å². The van der Waals surface area contributed by atoms with E-state index in [4.69, 9.17) is 9.47 Å². The smallest absolute Gasteiger partial charge is 0.326 e. The largest absolute Gasteiger partial charge is 0.490 e. The van der Waals surface area contributed by atoms with Gasteiger partial charge in [0.2, 0.25) is 21.8 Å². The van der Waals surface area contributed by atoms with E-state index < -0.39 is 22.5 Å². The summed E-state index contributed by atoms with van der Waals surface area (Å²) in [5.74, 6) is -1.03. The van der Waals surface area contributed by atoms with Crippen LogP contribution in [0, 0.1) is 0 Å². The number of rotatable bonds is 8. The first-order valence-electron chi connectivity index (χ1n) is 7.86. The molecule has 0 saturated carbocycles. The summed E-state index contributed by atoms with van der Waals surface area (Å²) in [4.78, 5) is 35.5.